The Bertz CT molecular complexity index is 629. The van der Waals surface area contributed by atoms with Gasteiger partial charge in [0, 0.05) is 11.6 Å². The molecule has 0 radical (unpaired) electrons. The van der Waals surface area contributed by atoms with E-state index >= 15 is 0 Å². The van der Waals surface area contributed by atoms with Crippen LogP contribution in [0.3, 0.4) is 0 Å². The predicted molar refractivity (Wildman–Crippen MR) is 73.3 cm³/mol. The first kappa shape index (κ1) is 11.1. The van der Waals surface area contributed by atoms with E-state index in [4.69, 9.17) is 4.74 Å². The number of benzene rings is 1. The van der Waals surface area contributed by atoms with Gasteiger partial charge < -0.3 is 15.2 Å². The van der Waals surface area contributed by atoms with Crippen LogP contribution in [0.15, 0.2) is 30.5 Å². The first-order valence-corrected chi connectivity index (χ1v) is 6.79. The van der Waals surface area contributed by atoms with E-state index in [0.717, 1.165) is 29.4 Å². The van der Waals surface area contributed by atoms with Crippen molar-refractivity contribution in [2.24, 2.45) is 0 Å². The Morgan fingerprint density at radius 2 is 2.21 bits per heavy atom. The Morgan fingerprint density at radius 3 is 3.00 bits per heavy atom. The number of fused-ring (bicyclic) bond motifs is 3. The second kappa shape index (κ2) is 4.10. The summed E-state index contributed by atoms with van der Waals surface area (Å²) < 4.78 is 5.85. The van der Waals surface area contributed by atoms with Crippen LogP contribution in [0.1, 0.15) is 19.3 Å². The molecule has 0 aliphatic carbocycles. The summed E-state index contributed by atoms with van der Waals surface area (Å²) in [6, 6.07) is 7.68. The van der Waals surface area contributed by atoms with Gasteiger partial charge in [-0.1, -0.05) is 6.07 Å². The molecule has 3 heterocycles. The summed E-state index contributed by atoms with van der Waals surface area (Å²) in [6.45, 7) is 0. The van der Waals surface area contributed by atoms with Gasteiger partial charge in [0.25, 0.3) is 0 Å². The number of nitrogens with zero attached hydrogens (tertiary/aromatic N) is 1. The van der Waals surface area contributed by atoms with E-state index in [9.17, 15) is 5.11 Å². The lowest BCUT2D eigenvalue weighted by atomic mass is 9.95. The van der Waals surface area contributed by atoms with E-state index in [0.29, 0.717) is 18.2 Å². The minimum atomic E-state index is 0.271. The zero-order valence-corrected chi connectivity index (χ0v) is 10.5. The van der Waals surface area contributed by atoms with Crippen LogP contribution in [0.4, 0.5) is 5.82 Å². The van der Waals surface area contributed by atoms with Crippen LogP contribution in [-0.2, 0) is 4.74 Å². The van der Waals surface area contributed by atoms with Gasteiger partial charge in [-0.15, -0.1) is 0 Å². The summed E-state index contributed by atoms with van der Waals surface area (Å²) in [5, 5.41) is 15.2. The lowest BCUT2D eigenvalue weighted by molar-refractivity contribution is 0.102. The van der Waals surface area contributed by atoms with Gasteiger partial charge in [-0.3, -0.25) is 0 Å². The summed E-state index contributed by atoms with van der Waals surface area (Å²) in [5.74, 6) is 1.11. The smallest absolute Gasteiger partial charge is 0.134 e. The number of ether oxygens (including phenoxy) is 1. The average molecular weight is 256 g/mol. The second-order valence-electron chi connectivity index (χ2n) is 5.43. The summed E-state index contributed by atoms with van der Waals surface area (Å²) in [4.78, 5) is 4.42. The lowest BCUT2D eigenvalue weighted by Crippen LogP contribution is -2.30. The van der Waals surface area contributed by atoms with Gasteiger partial charge >= 0.3 is 0 Å². The van der Waals surface area contributed by atoms with E-state index in [-0.39, 0.29) is 5.75 Å². The largest absolute Gasteiger partial charge is 0.508 e. The molecule has 0 spiro atoms. The van der Waals surface area contributed by atoms with Crippen LogP contribution >= 0.6 is 0 Å². The van der Waals surface area contributed by atoms with Gasteiger partial charge in [0.1, 0.15) is 11.6 Å². The van der Waals surface area contributed by atoms with Crippen molar-refractivity contribution in [3.63, 3.8) is 0 Å². The van der Waals surface area contributed by atoms with Crippen molar-refractivity contribution < 1.29 is 9.84 Å². The maximum Gasteiger partial charge on any atom is 0.134 e. The lowest BCUT2D eigenvalue weighted by Gasteiger charge is -2.21. The van der Waals surface area contributed by atoms with Crippen molar-refractivity contribution in [3.05, 3.63) is 30.5 Å². The Morgan fingerprint density at radius 1 is 1.26 bits per heavy atom. The van der Waals surface area contributed by atoms with Gasteiger partial charge in [-0.05, 0) is 42.8 Å². The average Bonchev–Trinajstić information content (AvgIpc) is 3.02. The quantitative estimate of drug-likeness (QED) is 0.867. The molecule has 0 saturated carbocycles. The molecule has 1 aromatic carbocycles. The molecule has 3 atom stereocenters. The molecule has 1 aromatic heterocycles. The Hall–Kier alpha value is -1.81. The van der Waals surface area contributed by atoms with Crippen LogP contribution in [0.5, 0.6) is 5.75 Å². The highest BCUT2D eigenvalue weighted by molar-refractivity contribution is 5.92. The van der Waals surface area contributed by atoms with E-state index in [1.54, 1.807) is 18.3 Å². The Balaban J connectivity index is 1.69. The number of hydrogen-bond acceptors (Lipinski definition) is 4. The first-order chi connectivity index (χ1) is 9.29. The number of pyridine rings is 1. The normalized spacial score (nSPS) is 28.9. The molecule has 2 fully saturated rings. The zero-order valence-electron chi connectivity index (χ0n) is 10.5. The predicted octanol–water partition coefficient (Wildman–Crippen LogP) is 2.67. The molecule has 98 valence electrons. The number of phenols is 1. The highest BCUT2D eigenvalue weighted by Gasteiger charge is 2.40. The summed E-state index contributed by atoms with van der Waals surface area (Å²) in [5.41, 5.74) is 0. The molecule has 4 nitrogen and oxygen atoms in total. The van der Waals surface area contributed by atoms with Crippen LogP contribution in [0.2, 0.25) is 0 Å². The van der Waals surface area contributed by atoms with E-state index in [2.05, 4.69) is 10.3 Å². The number of nitrogens with one attached hydrogen (secondary N) is 1. The van der Waals surface area contributed by atoms with Crippen molar-refractivity contribution in [1.29, 1.82) is 0 Å². The van der Waals surface area contributed by atoms with Crippen LogP contribution in [0.25, 0.3) is 10.8 Å². The van der Waals surface area contributed by atoms with Crippen LogP contribution in [0, 0.1) is 0 Å². The van der Waals surface area contributed by atoms with Crippen molar-refractivity contribution in [2.75, 3.05) is 5.32 Å². The SMILES string of the molecule is Oc1ccc2ccnc(NC3CC4CCC3O4)c2c1. The molecule has 19 heavy (non-hydrogen) atoms. The third kappa shape index (κ3) is 1.83. The number of aromatic hydroxyl groups is 1. The topological polar surface area (TPSA) is 54.4 Å². The van der Waals surface area contributed by atoms with Crippen molar-refractivity contribution in [1.82, 2.24) is 4.98 Å². The highest BCUT2D eigenvalue weighted by atomic mass is 16.5. The van der Waals surface area contributed by atoms with Gasteiger partial charge in [-0.2, -0.15) is 0 Å². The molecule has 2 aliphatic rings. The fourth-order valence-corrected chi connectivity index (χ4v) is 3.24. The summed E-state index contributed by atoms with van der Waals surface area (Å²) in [6.07, 6.45) is 5.92. The molecular formula is C15H16N2O2. The van der Waals surface area contributed by atoms with E-state index in [1.807, 2.05) is 12.1 Å². The molecule has 3 unspecified atom stereocenters. The molecule has 4 heteroatoms. The number of rotatable bonds is 2. The molecule has 4 rings (SSSR count). The van der Waals surface area contributed by atoms with Crippen molar-refractivity contribution >= 4 is 16.6 Å². The van der Waals surface area contributed by atoms with Crippen molar-refractivity contribution in [2.45, 2.75) is 37.5 Å². The van der Waals surface area contributed by atoms with E-state index in [1.165, 1.54) is 6.42 Å². The molecule has 2 bridgehead atoms. The second-order valence-corrected chi connectivity index (χ2v) is 5.43. The van der Waals surface area contributed by atoms with Gasteiger partial charge in [0.05, 0.1) is 18.2 Å². The Kier molecular flexibility index (Phi) is 2.38. The molecule has 2 N–H and O–H groups in total. The maximum absolute atomic E-state index is 9.64. The molecule has 2 saturated heterocycles. The van der Waals surface area contributed by atoms with Gasteiger partial charge in [-0.25, -0.2) is 4.98 Å². The van der Waals surface area contributed by atoms with Crippen LogP contribution in [-0.4, -0.2) is 28.3 Å². The minimum absolute atomic E-state index is 0.271. The summed E-state index contributed by atoms with van der Waals surface area (Å²) >= 11 is 0. The standard InChI is InChI=1S/C15H16N2O2/c18-10-2-1-9-5-6-16-15(12(9)7-10)17-13-8-11-3-4-14(13)19-11/h1-2,5-7,11,13-14,18H,3-4,8H2,(H,16,17). The fourth-order valence-electron chi connectivity index (χ4n) is 3.24. The monoisotopic (exact) mass is 256 g/mol. The zero-order chi connectivity index (χ0) is 12.8. The fraction of sp³-hybridized carbons (Fsp3) is 0.400. The van der Waals surface area contributed by atoms with Gasteiger partial charge in [0.2, 0.25) is 0 Å². The molecular weight excluding hydrogens is 240 g/mol. The summed E-state index contributed by atoms with van der Waals surface area (Å²) in [7, 11) is 0. The van der Waals surface area contributed by atoms with Crippen LogP contribution < -0.4 is 5.32 Å². The number of aromatic nitrogens is 1. The highest BCUT2D eigenvalue weighted by Crippen LogP contribution is 2.36. The molecule has 2 aromatic rings. The van der Waals surface area contributed by atoms with Gasteiger partial charge in [0.15, 0.2) is 0 Å². The molecule has 2 aliphatic heterocycles. The number of hydrogen-bond donors (Lipinski definition) is 2. The number of anilines is 1. The van der Waals surface area contributed by atoms with Crippen molar-refractivity contribution in [3.8, 4) is 5.75 Å². The maximum atomic E-state index is 9.64. The Labute approximate surface area is 111 Å². The third-order valence-corrected chi connectivity index (χ3v) is 4.18. The first-order valence-electron chi connectivity index (χ1n) is 6.79. The third-order valence-electron chi connectivity index (χ3n) is 4.18. The molecule has 0 amide bonds. The van der Waals surface area contributed by atoms with E-state index < -0.39 is 0 Å². The number of phenolic OH excluding ortho intramolecular Hbond substituents is 1. The minimum Gasteiger partial charge on any atom is -0.508 e.